The number of carbonyl (C=O) groups excluding carboxylic acids is 2. The van der Waals surface area contributed by atoms with Crippen LogP contribution in [0.3, 0.4) is 0 Å². The Kier molecular flexibility index (Phi) is 6.03. The SMILES string of the molecule is O=C(Nc1cc2n(n1)CCN(C(=O)c1cc3ccccc3[nH]1)C2)C1CCN(C2CCOCC2)CC1. The lowest BCUT2D eigenvalue weighted by molar-refractivity contribution is -0.121. The molecule has 2 N–H and O–H groups in total. The Morgan fingerprint density at radius 2 is 1.80 bits per heavy atom. The Morgan fingerprint density at radius 1 is 1.00 bits per heavy atom. The smallest absolute Gasteiger partial charge is 0.270 e. The second-order valence-corrected chi connectivity index (χ2v) is 9.88. The molecule has 0 aliphatic carbocycles. The van der Waals surface area contributed by atoms with Crippen molar-refractivity contribution in [2.45, 2.75) is 44.8 Å². The molecule has 3 aliphatic heterocycles. The van der Waals surface area contributed by atoms with E-state index >= 15 is 0 Å². The van der Waals surface area contributed by atoms with Gasteiger partial charge in [-0.05, 0) is 50.9 Å². The Hall–Kier alpha value is -3.17. The highest BCUT2D eigenvalue weighted by Gasteiger charge is 2.30. The number of likely N-dealkylation sites (tertiary alicyclic amines) is 1. The highest BCUT2D eigenvalue weighted by atomic mass is 16.5. The summed E-state index contributed by atoms with van der Waals surface area (Å²) in [6.07, 6.45) is 3.95. The van der Waals surface area contributed by atoms with Crippen molar-refractivity contribution in [1.82, 2.24) is 24.6 Å². The van der Waals surface area contributed by atoms with E-state index in [4.69, 9.17) is 4.74 Å². The van der Waals surface area contributed by atoms with E-state index in [-0.39, 0.29) is 17.7 Å². The summed E-state index contributed by atoms with van der Waals surface area (Å²) in [6, 6.07) is 12.3. The first-order valence-corrected chi connectivity index (χ1v) is 12.7. The van der Waals surface area contributed by atoms with Gasteiger partial charge in [-0.25, -0.2) is 0 Å². The van der Waals surface area contributed by atoms with Gasteiger partial charge in [0.2, 0.25) is 5.91 Å². The Balaban J connectivity index is 1.05. The number of benzene rings is 1. The van der Waals surface area contributed by atoms with Crippen LogP contribution in [0.25, 0.3) is 10.9 Å². The lowest BCUT2D eigenvalue weighted by Gasteiger charge is -2.38. The predicted octanol–water partition coefficient (Wildman–Crippen LogP) is 2.85. The fourth-order valence-corrected chi connectivity index (χ4v) is 5.67. The average Bonchev–Trinajstić information content (AvgIpc) is 3.52. The summed E-state index contributed by atoms with van der Waals surface area (Å²) < 4.78 is 7.38. The van der Waals surface area contributed by atoms with Crippen LogP contribution >= 0.6 is 0 Å². The third kappa shape index (κ3) is 4.58. The number of amides is 2. The van der Waals surface area contributed by atoms with Crippen molar-refractivity contribution in [3.8, 4) is 0 Å². The van der Waals surface area contributed by atoms with Crippen LogP contribution in [0.2, 0.25) is 0 Å². The van der Waals surface area contributed by atoms with Crippen molar-refractivity contribution in [1.29, 1.82) is 0 Å². The molecule has 0 spiro atoms. The number of para-hydroxylation sites is 1. The number of piperidine rings is 1. The number of aromatic nitrogens is 3. The summed E-state index contributed by atoms with van der Waals surface area (Å²) in [5.41, 5.74) is 2.49. The fraction of sp³-hybridized carbons (Fsp3) is 0.500. The van der Waals surface area contributed by atoms with Crippen LogP contribution in [0.1, 0.15) is 41.9 Å². The van der Waals surface area contributed by atoms with Gasteiger partial charge in [0.15, 0.2) is 5.82 Å². The molecule has 5 heterocycles. The van der Waals surface area contributed by atoms with E-state index in [1.54, 1.807) is 0 Å². The lowest BCUT2D eigenvalue weighted by atomic mass is 9.93. The number of aromatic amines is 1. The van der Waals surface area contributed by atoms with E-state index in [2.05, 4.69) is 20.3 Å². The zero-order valence-corrected chi connectivity index (χ0v) is 19.9. The first kappa shape index (κ1) is 22.3. The third-order valence-electron chi connectivity index (χ3n) is 7.70. The van der Waals surface area contributed by atoms with Gasteiger partial charge in [0, 0.05) is 48.7 Å². The van der Waals surface area contributed by atoms with Crippen LogP contribution in [0.4, 0.5) is 5.82 Å². The van der Waals surface area contributed by atoms with Gasteiger partial charge in [0.1, 0.15) is 5.69 Å². The quantitative estimate of drug-likeness (QED) is 0.604. The average molecular weight is 477 g/mol. The highest BCUT2D eigenvalue weighted by molar-refractivity contribution is 5.98. The van der Waals surface area contributed by atoms with E-state index in [0.717, 1.165) is 68.6 Å². The Morgan fingerprint density at radius 3 is 2.60 bits per heavy atom. The molecule has 2 fully saturated rings. The molecule has 184 valence electrons. The first-order valence-electron chi connectivity index (χ1n) is 12.7. The van der Waals surface area contributed by atoms with Crippen molar-refractivity contribution in [2.75, 3.05) is 38.2 Å². The van der Waals surface area contributed by atoms with Crippen molar-refractivity contribution in [2.24, 2.45) is 5.92 Å². The molecular formula is C26H32N6O3. The molecule has 0 saturated carbocycles. The maximum atomic E-state index is 13.1. The minimum atomic E-state index is -0.0180. The molecule has 1 aromatic carbocycles. The molecule has 2 saturated heterocycles. The van der Waals surface area contributed by atoms with Crippen LogP contribution in [0.15, 0.2) is 36.4 Å². The maximum absolute atomic E-state index is 13.1. The zero-order chi connectivity index (χ0) is 23.8. The number of ether oxygens (including phenoxy) is 1. The molecule has 0 bridgehead atoms. The molecule has 2 aromatic heterocycles. The molecule has 35 heavy (non-hydrogen) atoms. The van der Waals surface area contributed by atoms with E-state index < -0.39 is 0 Å². The van der Waals surface area contributed by atoms with Crippen LogP contribution < -0.4 is 5.32 Å². The molecule has 2 amide bonds. The number of hydrogen-bond donors (Lipinski definition) is 2. The summed E-state index contributed by atoms with van der Waals surface area (Å²) in [6.45, 7) is 5.30. The molecule has 9 nitrogen and oxygen atoms in total. The topological polar surface area (TPSA) is 95.5 Å². The summed E-state index contributed by atoms with van der Waals surface area (Å²) in [5, 5.41) is 8.66. The summed E-state index contributed by atoms with van der Waals surface area (Å²) in [4.78, 5) is 33.6. The van der Waals surface area contributed by atoms with E-state index in [1.807, 2.05) is 46.0 Å². The number of rotatable bonds is 4. The molecule has 3 aromatic rings. The first-order chi connectivity index (χ1) is 17.1. The monoisotopic (exact) mass is 476 g/mol. The highest BCUT2D eigenvalue weighted by Crippen LogP contribution is 2.25. The molecule has 3 aliphatic rings. The minimum absolute atomic E-state index is 0.0180. The molecule has 0 unspecified atom stereocenters. The number of fused-ring (bicyclic) bond motifs is 2. The molecule has 0 radical (unpaired) electrons. The van der Waals surface area contributed by atoms with Crippen LogP contribution in [0, 0.1) is 5.92 Å². The van der Waals surface area contributed by atoms with Gasteiger partial charge in [-0.15, -0.1) is 0 Å². The van der Waals surface area contributed by atoms with Crippen molar-refractivity contribution in [3.63, 3.8) is 0 Å². The number of nitrogens with one attached hydrogen (secondary N) is 2. The van der Waals surface area contributed by atoms with Gasteiger partial charge in [-0.3, -0.25) is 14.3 Å². The number of carbonyl (C=O) groups is 2. The van der Waals surface area contributed by atoms with Gasteiger partial charge in [0.25, 0.3) is 5.91 Å². The van der Waals surface area contributed by atoms with Crippen LogP contribution in [-0.2, 0) is 22.6 Å². The van der Waals surface area contributed by atoms with Crippen molar-refractivity contribution >= 4 is 28.5 Å². The standard InChI is InChI=1S/C26H32N6O3/c33-25(18-5-9-30(10-6-18)20-7-13-35-14-8-20)28-24-16-21-17-31(11-12-32(21)29-24)26(34)23-15-19-3-1-2-4-22(19)27-23/h1-4,15-16,18,20,27H,5-14,17H2,(H,28,29,33). The Bertz CT molecular complexity index is 1190. The van der Waals surface area contributed by atoms with Crippen molar-refractivity contribution in [3.05, 3.63) is 47.8 Å². The Labute approximate surface area is 204 Å². The van der Waals surface area contributed by atoms with E-state index in [9.17, 15) is 9.59 Å². The maximum Gasteiger partial charge on any atom is 0.270 e. The normalized spacial score (nSPS) is 20.2. The summed E-state index contributed by atoms with van der Waals surface area (Å²) >= 11 is 0. The van der Waals surface area contributed by atoms with Crippen LogP contribution in [0.5, 0.6) is 0 Å². The number of anilines is 1. The van der Waals surface area contributed by atoms with Gasteiger partial charge >= 0.3 is 0 Å². The van der Waals surface area contributed by atoms with Crippen LogP contribution in [-0.4, -0.2) is 75.3 Å². The summed E-state index contributed by atoms with van der Waals surface area (Å²) in [5.74, 6) is 0.635. The van der Waals surface area contributed by atoms with Gasteiger partial charge in [-0.2, -0.15) is 5.10 Å². The number of hydrogen-bond acceptors (Lipinski definition) is 5. The summed E-state index contributed by atoms with van der Waals surface area (Å²) in [7, 11) is 0. The third-order valence-corrected chi connectivity index (χ3v) is 7.70. The van der Waals surface area contributed by atoms with E-state index in [0.29, 0.717) is 37.2 Å². The van der Waals surface area contributed by atoms with Crippen molar-refractivity contribution < 1.29 is 14.3 Å². The van der Waals surface area contributed by atoms with Gasteiger partial charge in [-0.1, -0.05) is 18.2 Å². The van der Waals surface area contributed by atoms with Gasteiger partial charge < -0.3 is 24.8 Å². The largest absolute Gasteiger partial charge is 0.381 e. The zero-order valence-electron chi connectivity index (χ0n) is 19.9. The molecular weight excluding hydrogens is 444 g/mol. The fourth-order valence-electron chi connectivity index (χ4n) is 5.67. The lowest BCUT2D eigenvalue weighted by Crippen LogP contribution is -2.45. The van der Waals surface area contributed by atoms with E-state index in [1.165, 1.54) is 0 Å². The molecule has 6 rings (SSSR count). The molecule has 9 heteroatoms. The number of H-pyrrole nitrogens is 1. The molecule has 0 atom stereocenters. The predicted molar refractivity (Wildman–Crippen MR) is 132 cm³/mol. The van der Waals surface area contributed by atoms with Gasteiger partial charge in [0.05, 0.1) is 18.8 Å². The second kappa shape index (κ2) is 9.47. The minimum Gasteiger partial charge on any atom is -0.381 e. The second-order valence-electron chi connectivity index (χ2n) is 9.88. The number of nitrogens with zero attached hydrogens (tertiary/aromatic N) is 4.